The molecular formula is C30H32FNO7S. The Balaban J connectivity index is 0.000000546. The van der Waals surface area contributed by atoms with Gasteiger partial charge in [-0.1, -0.05) is 30.3 Å². The molecule has 3 aromatic carbocycles. The van der Waals surface area contributed by atoms with Gasteiger partial charge in [-0.3, -0.25) is 9.59 Å². The van der Waals surface area contributed by atoms with Crippen molar-refractivity contribution in [3.63, 3.8) is 0 Å². The summed E-state index contributed by atoms with van der Waals surface area (Å²) in [5.74, 6) is 0.00857. The van der Waals surface area contributed by atoms with Crippen molar-refractivity contribution in [3.8, 4) is 22.6 Å². The summed E-state index contributed by atoms with van der Waals surface area (Å²) >= 11 is 0. The van der Waals surface area contributed by atoms with Crippen LogP contribution in [0.25, 0.3) is 11.1 Å². The molecule has 0 bridgehead atoms. The summed E-state index contributed by atoms with van der Waals surface area (Å²) in [6.07, 6.45) is 5.15. The van der Waals surface area contributed by atoms with E-state index in [9.17, 15) is 22.4 Å². The van der Waals surface area contributed by atoms with Gasteiger partial charge in [-0.25, -0.2) is 17.5 Å². The fourth-order valence-corrected chi connectivity index (χ4v) is 4.29. The molecular weight excluding hydrogens is 537 g/mol. The van der Waals surface area contributed by atoms with E-state index in [2.05, 4.69) is 0 Å². The number of hydrogen-bond donors (Lipinski definition) is 2. The van der Waals surface area contributed by atoms with Crippen LogP contribution < -0.4 is 14.2 Å². The molecule has 2 saturated carbocycles. The van der Waals surface area contributed by atoms with Gasteiger partial charge >= 0.3 is 5.97 Å². The Labute approximate surface area is 233 Å². The van der Waals surface area contributed by atoms with Crippen LogP contribution in [0.3, 0.4) is 0 Å². The highest BCUT2D eigenvalue weighted by atomic mass is 32.2. The summed E-state index contributed by atoms with van der Waals surface area (Å²) in [6.45, 7) is 2.66. The maximum atomic E-state index is 14.5. The van der Waals surface area contributed by atoms with E-state index < -0.39 is 27.7 Å². The van der Waals surface area contributed by atoms with Crippen LogP contribution in [0, 0.1) is 24.6 Å². The third-order valence-electron chi connectivity index (χ3n) is 6.54. The number of nitrogens with one attached hydrogen (secondary N) is 1. The first-order valence-corrected chi connectivity index (χ1v) is 14.9. The van der Waals surface area contributed by atoms with E-state index in [-0.39, 0.29) is 23.7 Å². The number of carboxylic acid groups (broad SMARTS) is 1. The number of hydrogen-bond acceptors (Lipinski definition) is 6. The molecule has 0 atom stereocenters. The largest absolute Gasteiger partial charge is 0.493 e. The minimum absolute atomic E-state index is 0.0185. The molecule has 212 valence electrons. The zero-order valence-electron chi connectivity index (χ0n) is 22.4. The summed E-state index contributed by atoms with van der Waals surface area (Å²) in [5, 5.41) is 8.05. The number of halogens is 1. The van der Waals surface area contributed by atoms with Crippen molar-refractivity contribution < 1.29 is 37.0 Å². The average molecular weight is 570 g/mol. The van der Waals surface area contributed by atoms with Gasteiger partial charge < -0.3 is 14.6 Å². The molecule has 2 N–H and O–H groups in total. The van der Waals surface area contributed by atoms with Gasteiger partial charge in [-0.15, -0.1) is 0 Å². The van der Waals surface area contributed by atoms with Crippen LogP contribution in [0.1, 0.15) is 47.2 Å². The van der Waals surface area contributed by atoms with E-state index in [0.717, 1.165) is 54.2 Å². The predicted octanol–water partition coefficient (Wildman–Crippen LogP) is 5.34. The molecule has 8 nitrogen and oxygen atoms in total. The number of amides is 1. The van der Waals surface area contributed by atoms with Crippen molar-refractivity contribution in [2.24, 2.45) is 11.8 Å². The second kappa shape index (κ2) is 12.5. The van der Waals surface area contributed by atoms with Crippen LogP contribution in [0.2, 0.25) is 0 Å². The summed E-state index contributed by atoms with van der Waals surface area (Å²) in [6, 6.07) is 17.4. The van der Waals surface area contributed by atoms with Gasteiger partial charge in [-0.05, 0) is 85.5 Å². The molecule has 0 aliphatic heterocycles. The molecule has 3 aromatic rings. The lowest BCUT2D eigenvalue weighted by Crippen LogP contribution is -2.29. The molecule has 2 aliphatic carbocycles. The normalized spacial score (nSPS) is 14.5. The predicted molar refractivity (Wildman–Crippen MR) is 148 cm³/mol. The molecule has 2 aliphatic rings. The van der Waals surface area contributed by atoms with E-state index in [1.165, 1.54) is 25.0 Å². The number of carboxylic acids is 1. The van der Waals surface area contributed by atoms with E-state index in [1.54, 1.807) is 0 Å². The first kappa shape index (κ1) is 29.1. The Morgan fingerprint density at radius 3 is 2.25 bits per heavy atom. The van der Waals surface area contributed by atoms with Crippen LogP contribution in [-0.4, -0.2) is 38.3 Å². The smallest absolute Gasteiger partial charge is 0.306 e. The molecule has 5 rings (SSSR count). The van der Waals surface area contributed by atoms with Crippen LogP contribution >= 0.6 is 0 Å². The van der Waals surface area contributed by atoms with Gasteiger partial charge in [0.1, 0.15) is 23.9 Å². The summed E-state index contributed by atoms with van der Waals surface area (Å²) < 4.78 is 50.4. The molecule has 0 aromatic heterocycles. The van der Waals surface area contributed by atoms with Gasteiger partial charge in [0, 0.05) is 11.1 Å². The second-order valence-electron chi connectivity index (χ2n) is 10.1. The number of aliphatic carboxylic acids is 1. The topological polar surface area (TPSA) is 119 Å². The lowest BCUT2D eigenvalue weighted by Gasteiger charge is -2.14. The standard InChI is InChI=1S/C26H26FNO5S.C4H6O2/c1-17-23(19-10-12-22(13-11-19)32-15-18-6-7-18)4-3-5-25(17)33-16-21-9-8-20(14-24(21)27)26(29)28-34(2,30)31;5-4(6)3-1-2-3/h3-5,8-14,18H,6-7,15-16H2,1-2H3,(H,28,29);3H,1-2H2,(H,5,6). The third-order valence-corrected chi connectivity index (χ3v) is 7.09. The van der Waals surface area contributed by atoms with Crippen LogP contribution in [-0.2, 0) is 21.4 Å². The third kappa shape index (κ3) is 8.54. The molecule has 10 heteroatoms. The van der Waals surface area contributed by atoms with Crippen LogP contribution in [0.4, 0.5) is 4.39 Å². The number of carbonyl (C=O) groups is 2. The van der Waals surface area contributed by atoms with E-state index in [4.69, 9.17) is 14.6 Å². The molecule has 0 spiro atoms. The first-order chi connectivity index (χ1) is 19.0. The van der Waals surface area contributed by atoms with Crippen molar-refractivity contribution in [1.29, 1.82) is 0 Å². The first-order valence-electron chi connectivity index (χ1n) is 13.0. The lowest BCUT2D eigenvalue weighted by molar-refractivity contribution is -0.138. The van der Waals surface area contributed by atoms with Crippen molar-refractivity contribution in [2.75, 3.05) is 12.9 Å². The Morgan fingerprint density at radius 2 is 1.70 bits per heavy atom. The van der Waals surface area contributed by atoms with Crippen LogP contribution in [0.5, 0.6) is 11.5 Å². The monoisotopic (exact) mass is 569 g/mol. The Hall–Kier alpha value is -3.92. The highest BCUT2D eigenvalue weighted by molar-refractivity contribution is 7.89. The summed E-state index contributed by atoms with van der Waals surface area (Å²) in [4.78, 5) is 21.7. The molecule has 2 fully saturated rings. The lowest BCUT2D eigenvalue weighted by atomic mass is 10.00. The highest BCUT2D eigenvalue weighted by Crippen LogP contribution is 2.33. The quantitative estimate of drug-likeness (QED) is 0.338. The number of rotatable bonds is 10. The molecule has 0 saturated heterocycles. The van der Waals surface area contributed by atoms with Gasteiger partial charge in [0.2, 0.25) is 10.0 Å². The maximum absolute atomic E-state index is 14.5. The van der Waals surface area contributed by atoms with E-state index in [1.807, 2.05) is 54.1 Å². The molecule has 0 heterocycles. The van der Waals surface area contributed by atoms with Crippen molar-refractivity contribution in [3.05, 3.63) is 83.2 Å². The minimum Gasteiger partial charge on any atom is -0.493 e. The Morgan fingerprint density at radius 1 is 1.00 bits per heavy atom. The van der Waals surface area contributed by atoms with Gasteiger partial charge in [0.25, 0.3) is 5.91 Å². The maximum Gasteiger partial charge on any atom is 0.306 e. The summed E-state index contributed by atoms with van der Waals surface area (Å²) in [5.41, 5.74) is 3.10. The zero-order valence-corrected chi connectivity index (χ0v) is 23.2. The fourth-order valence-electron chi connectivity index (χ4n) is 3.83. The molecule has 1 amide bonds. The van der Waals surface area contributed by atoms with Crippen molar-refractivity contribution >= 4 is 21.9 Å². The van der Waals surface area contributed by atoms with Crippen molar-refractivity contribution in [1.82, 2.24) is 4.72 Å². The van der Waals surface area contributed by atoms with Gasteiger partial charge in [-0.2, -0.15) is 0 Å². The minimum atomic E-state index is -3.73. The summed E-state index contributed by atoms with van der Waals surface area (Å²) in [7, 11) is -3.73. The van der Waals surface area contributed by atoms with E-state index in [0.29, 0.717) is 11.7 Å². The van der Waals surface area contributed by atoms with Gasteiger partial charge in [0.05, 0.1) is 18.8 Å². The Bertz CT molecular complexity index is 1480. The van der Waals surface area contributed by atoms with E-state index >= 15 is 0 Å². The molecule has 0 unspecified atom stereocenters. The number of sulfonamides is 1. The molecule has 0 radical (unpaired) electrons. The number of benzene rings is 3. The zero-order chi connectivity index (χ0) is 28.9. The van der Waals surface area contributed by atoms with Crippen LogP contribution in [0.15, 0.2) is 60.7 Å². The Kier molecular flexibility index (Phi) is 9.09. The number of ether oxygens (including phenoxy) is 2. The highest BCUT2D eigenvalue weighted by Gasteiger charge is 2.28. The SMILES string of the molecule is Cc1c(OCc2ccc(C(=O)NS(C)(=O)=O)cc2F)cccc1-c1ccc(OCC2CC2)cc1.O=C(O)C1CC1. The van der Waals surface area contributed by atoms with Gasteiger partial charge in [0.15, 0.2) is 0 Å². The second-order valence-corrected chi connectivity index (χ2v) is 11.9. The van der Waals surface area contributed by atoms with Crippen molar-refractivity contribution in [2.45, 2.75) is 39.2 Å². The average Bonchev–Trinajstić information content (AvgIpc) is 3.81. The molecule has 40 heavy (non-hydrogen) atoms. The number of carbonyl (C=O) groups excluding carboxylic acids is 1. The fraction of sp³-hybridized carbons (Fsp3) is 0.333.